The Bertz CT molecular complexity index is 2870. The zero-order valence-electron chi connectivity index (χ0n) is 36.8. The normalized spacial score (nSPS) is 12.2. The summed E-state index contributed by atoms with van der Waals surface area (Å²) in [6, 6.07) is 40.0. The lowest BCUT2D eigenvalue weighted by atomic mass is 10.0. The van der Waals surface area contributed by atoms with Crippen LogP contribution >= 0.6 is 0 Å². The predicted octanol–water partition coefficient (Wildman–Crippen LogP) is 6.37. The van der Waals surface area contributed by atoms with Gasteiger partial charge in [0.25, 0.3) is 0 Å². The first-order valence-corrected chi connectivity index (χ1v) is 20.5. The summed E-state index contributed by atoms with van der Waals surface area (Å²) < 4.78 is 46.7. The summed E-state index contributed by atoms with van der Waals surface area (Å²) in [4.78, 5) is 15.3. The number of hydrogen-bond donors (Lipinski definition) is 4. The van der Waals surface area contributed by atoms with E-state index in [1.807, 2.05) is 72.8 Å². The quantitative estimate of drug-likeness (QED) is 0.111. The molecule has 0 aliphatic carbocycles. The number of benzene rings is 4. The molecule has 0 unspecified atom stereocenters. The summed E-state index contributed by atoms with van der Waals surface area (Å²) in [7, 11) is 13.2. The lowest BCUT2D eigenvalue weighted by Crippen LogP contribution is -2.19. The summed E-state index contributed by atoms with van der Waals surface area (Å²) in [5.74, 6) is 5.24. The van der Waals surface area contributed by atoms with Crippen molar-refractivity contribution in [2.45, 2.75) is 0 Å². The average molecular weight is 857 g/mol. The molecule has 0 fully saturated rings. The first-order valence-electron chi connectivity index (χ1n) is 20.5. The SMILES string of the molecule is COc1ccc(C2=c3ccc([nH]3)=C(c3ccc(OC)cc3OC)c3ccc([nH]3)C(c3ccc(OC)cc3OC)=c3ccc([nH]3)=C(c3ccc(OC)cc3OC)c3ccc2[nH]3)c(OC)c1. The zero-order chi connectivity index (χ0) is 44.5. The van der Waals surface area contributed by atoms with E-state index in [1.165, 1.54) is 0 Å². The van der Waals surface area contributed by atoms with Gasteiger partial charge < -0.3 is 57.8 Å². The van der Waals surface area contributed by atoms with Crippen molar-refractivity contribution in [2.24, 2.45) is 0 Å². The van der Waals surface area contributed by atoms with Crippen LogP contribution in [0.1, 0.15) is 45.0 Å². The first kappa shape index (κ1) is 41.2. The van der Waals surface area contributed by atoms with Crippen LogP contribution in [-0.2, 0) is 0 Å². The van der Waals surface area contributed by atoms with Crippen LogP contribution in [0.5, 0.6) is 46.0 Å². The van der Waals surface area contributed by atoms with E-state index >= 15 is 0 Å². The minimum atomic E-state index is 0.637. The summed E-state index contributed by atoms with van der Waals surface area (Å²) in [6.07, 6.45) is 0. The largest absolute Gasteiger partial charge is 0.497 e. The van der Waals surface area contributed by atoms with E-state index in [4.69, 9.17) is 37.9 Å². The Kier molecular flexibility index (Phi) is 11.2. The van der Waals surface area contributed by atoms with Crippen LogP contribution in [0.2, 0.25) is 0 Å². The molecule has 9 rings (SSSR count). The lowest BCUT2D eigenvalue weighted by molar-refractivity contribution is 0.393. The van der Waals surface area contributed by atoms with Gasteiger partial charge in [0.05, 0.1) is 56.9 Å². The van der Waals surface area contributed by atoms with Crippen molar-refractivity contribution >= 4 is 22.3 Å². The van der Waals surface area contributed by atoms with Crippen molar-refractivity contribution in [3.63, 3.8) is 0 Å². The van der Waals surface area contributed by atoms with Crippen LogP contribution < -0.4 is 59.3 Å². The Morgan fingerprint density at radius 2 is 0.484 bits per heavy atom. The third-order valence-corrected chi connectivity index (χ3v) is 11.6. The van der Waals surface area contributed by atoms with Gasteiger partial charge in [0.2, 0.25) is 0 Å². The maximum absolute atomic E-state index is 6.05. The highest BCUT2D eigenvalue weighted by molar-refractivity contribution is 5.88. The van der Waals surface area contributed by atoms with Crippen molar-refractivity contribution in [1.29, 1.82) is 0 Å². The van der Waals surface area contributed by atoms with E-state index in [2.05, 4.69) is 68.5 Å². The number of ether oxygens (including phenoxy) is 8. The standard InChI is InChI=1S/C52H48N4O8/c1-57-29-9-13-33(45(25-29)61-5)49-37-17-19-39(53-37)50(34-14-10-30(58-2)26-46(34)62-6)41-21-23-43(55-41)52(36-16-12-32(60-4)28-48(36)64-8)44-24-22-42(56-44)51(40-20-18-38(49)54-40)35-15-11-31(59-3)27-47(35)63-7/h9-28,53-56H,1-8H3. The van der Waals surface area contributed by atoms with Gasteiger partial charge in [-0.15, -0.1) is 0 Å². The minimum absolute atomic E-state index is 0.637. The number of aromatic amines is 4. The summed E-state index contributed by atoms with van der Waals surface area (Å²) >= 11 is 0. The molecular weight excluding hydrogens is 809 g/mol. The third kappa shape index (κ3) is 7.28. The second-order valence-electron chi connectivity index (χ2n) is 14.9. The van der Waals surface area contributed by atoms with Gasteiger partial charge >= 0.3 is 0 Å². The van der Waals surface area contributed by atoms with E-state index < -0.39 is 0 Å². The number of rotatable bonds is 12. The molecule has 5 heterocycles. The van der Waals surface area contributed by atoms with Gasteiger partial charge in [0, 0.05) is 113 Å². The van der Waals surface area contributed by atoms with Crippen LogP contribution in [0.4, 0.5) is 0 Å². The zero-order valence-corrected chi connectivity index (χ0v) is 36.8. The second kappa shape index (κ2) is 17.3. The van der Waals surface area contributed by atoms with Crippen molar-refractivity contribution in [3.8, 4) is 46.0 Å². The molecule has 4 aromatic heterocycles. The molecule has 0 saturated heterocycles. The fraction of sp³-hybridized carbons (Fsp3) is 0.154. The van der Waals surface area contributed by atoms with Crippen molar-refractivity contribution in [1.82, 2.24) is 19.9 Å². The Morgan fingerprint density at radius 1 is 0.250 bits per heavy atom. The first-order chi connectivity index (χ1) is 31.3. The molecule has 12 heteroatoms. The van der Waals surface area contributed by atoms with E-state index in [1.54, 1.807) is 56.9 Å². The maximum atomic E-state index is 6.05. The van der Waals surface area contributed by atoms with Gasteiger partial charge in [-0.25, -0.2) is 0 Å². The Hall–Kier alpha value is -8.12. The molecule has 4 N–H and O–H groups in total. The number of methoxy groups -OCH3 is 8. The molecule has 4 aromatic carbocycles. The highest BCUT2D eigenvalue weighted by atomic mass is 16.5. The van der Waals surface area contributed by atoms with Crippen LogP contribution in [0.3, 0.4) is 0 Å². The molecule has 0 atom stereocenters. The molecule has 12 nitrogen and oxygen atoms in total. The highest BCUT2D eigenvalue weighted by Crippen LogP contribution is 2.38. The minimum Gasteiger partial charge on any atom is -0.497 e. The molecule has 0 amide bonds. The van der Waals surface area contributed by atoms with Gasteiger partial charge in [-0.1, -0.05) is 0 Å². The van der Waals surface area contributed by atoms with Gasteiger partial charge in [-0.05, 0) is 97.1 Å². The van der Waals surface area contributed by atoms with E-state index in [0.29, 0.717) is 46.0 Å². The smallest absolute Gasteiger partial charge is 0.130 e. The van der Waals surface area contributed by atoms with Crippen molar-refractivity contribution in [2.75, 3.05) is 56.9 Å². The summed E-state index contributed by atoms with van der Waals surface area (Å²) in [5.41, 5.74) is 10.2. The molecule has 0 radical (unpaired) electrons. The third-order valence-electron chi connectivity index (χ3n) is 11.6. The molecule has 8 bridgehead atoms. The molecule has 0 saturated carbocycles. The number of H-pyrrole nitrogens is 4. The molecule has 1 aliphatic rings. The van der Waals surface area contributed by atoms with Gasteiger partial charge in [-0.3, -0.25) is 0 Å². The van der Waals surface area contributed by atoms with Crippen LogP contribution in [0, 0.1) is 0 Å². The topological polar surface area (TPSA) is 137 Å². The van der Waals surface area contributed by atoms with Crippen LogP contribution in [0.15, 0.2) is 121 Å². The molecule has 64 heavy (non-hydrogen) atoms. The Labute approximate surface area is 369 Å². The number of nitrogens with one attached hydrogen (secondary N) is 4. The number of fused-ring (bicyclic) bond motifs is 8. The van der Waals surface area contributed by atoms with E-state index in [-0.39, 0.29) is 0 Å². The molecular formula is C52H48N4O8. The van der Waals surface area contributed by atoms with Gasteiger partial charge in [0.15, 0.2) is 0 Å². The maximum Gasteiger partial charge on any atom is 0.130 e. The van der Waals surface area contributed by atoms with Crippen LogP contribution in [0.25, 0.3) is 22.3 Å². The Balaban J connectivity index is 1.46. The molecule has 0 spiro atoms. The van der Waals surface area contributed by atoms with Crippen molar-refractivity contribution < 1.29 is 37.9 Å². The molecule has 1 aliphatic heterocycles. The predicted molar refractivity (Wildman–Crippen MR) is 246 cm³/mol. The second-order valence-corrected chi connectivity index (χ2v) is 14.9. The molecule has 324 valence electrons. The monoisotopic (exact) mass is 856 g/mol. The van der Waals surface area contributed by atoms with E-state index in [0.717, 1.165) is 88.7 Å². The van der Waals surface area contributed by atoms with Gasteiger partial charge in [0.1, 0.15) is 46.0 Å². The Morgan fingerprint density at radius 3 is 0.688 bits per heavy atom. The molecule has 8 aromatic rings. The van der Waals surface area contributed by atoms with Gasteiger partial charge in [-0.2, -0.15) is 0 Å². The fourth-order valence-corrected chi connectivity index (χ4v) is 8.51. The number of aromatic nitrogens is 4. The summed E-state index contributed by atoms with van der Waals surface area (Å²) in [5, 5.41) is 3.32. The average Bonchev–Trinajstić information content (AvgIpc) is 4.20. The lowest BCUT2D eigenvalue weighted by Gasteiger charge is -2.15. The van der Waals surface area contributed by atoms with Crippen LogP contribution in [-0.4, -0.2) is 76.8 Å². The number of hydrogen-bond acceptors (Lipinski definition) is 8. The summed E-state index contributed by atoms with van der Waals surface area (Å²) in [6.45, 7) is 0. The fourth-order valence-electron chi connectivity index (χ4n) is 8.51. The van der Waals surface area contributed by atoms with Crippen molar-refractivity contribution in [3.05, 3.63) is 188 Å². The highest BCUT2D eigenvalue weighted by Gasteiger charge is 2.23. The van der Waals surface area contributed by atoms with E-state index in [9.17, 15) is 0 Å².